The highest BCUT2D eigenvalue weighted by Gasteiger charge is 2.13. The van der Waals surface area contributed by atoms with E-state index in [1.807, 2.05) is 0 Å². The molecule has 0 aromatic heterocycles. The summed E-state index contributed by atoms with van der Waals surface area (Å²) in [5, 5.41) is 10.4. The number of benzene rings is 2. The number of carbonyl (C=O) groups excluding carboxylic acids is 1. The molecule has 0 fully saturated rings. The van der Waals surface area contributed by atoms with E-state index in [1.54, 1.807) is 0 Å². The van der Waals surface area contributed by atoms with Crippen LogP contribution in [0, 0.1) is 0 Å². The molecule has 7 heteroatoms. The summed E-state index contributed by atoms with van der Waals surface area (Å²) in [5.41, 5.74) is 0.268. The molecule has 0 aliphatic heterocycles. The Balaban J connectivity index is 2.80. The van der Waals surface area contributed by atoms with Crippen molar-refractivity contribution in [3.8, 4) is 5.75 Å². The van der Waals surface area contributed by atoms with Crippen LogP contribution in [0.4, 0.5) is 5.69 Å². The van der Waals surface area contributed by atoms with Crippen LogP contribution in [-0.4, -0.2) is 24.2 Å². The molecular weight excluding hydrogens is 258 g/mol. The molecular formula is C11H7NO5S. The first-order valence-corrected chi connectivity index (χ1v) is 6.18. The van der Waals surface area contributed by atoms with Gasteiger partial charge in [0.1, 0.15) is 5.75 Å². The molecule has 2 aromatic carbocycles. The fourth-order valence-electron chi connectivity index (χ4n) is 1.58. The third-order valence-corrected chi connectivity index (χ3v) is 3.19. The molecule has 0 saturated carbocycles. The molecule has 0 unspecified atom stereocenters. The van der Waals surface area contributed by atoms with Crippen LogP contribution in [0.2, 0.25) is 0 Å². The first kappa shape index (κ1) is 12.3. The summed E-state index contributed by atoms with van der Waals surface area (Å²) in [5.74, 6) is -0.290. The van der Waals surface area contributed by atoms with Crippen molar-refractivity contribution >= 4 is 32.7 Å². The van der Waals surface area contributed by atoms with Gasteiger partial charge >= 0.3 is 0 Å². The van der Waals surface area contributed by atoms with E-state index < -0.39 is 15.0 Å². The largest absolute Gasteiger partial charge is 0.507 e. The van der Waals surface area contributed by atoms with Gasteiger partial charge in [0, 0.05) is 11.5 Å². The summed E-state index contributed by atoms with van der Waals surface area (Å²) in [6, 6.07) is 6.47. The molecule has 0 bridgehead atoms. The predicted octanol–water partition coefficient (Wildman–Crippen LogP) is 1.76. The fraction of sp³-hybridized carbons (Fsp3) is 0. The molecule has 2 N–H and O–H groups in total. The molecule has 2 rings (SSSR count). The number of rotatable bonds is 2. The van der Waals surface area contributed by atoms with Crippen LogP contribution in [0.1, 0.15) is 0 Å². The zero-order chi connectivity index (χ0) is 13.3. The van der Waals surface area contributed by atoms with Crippen molar-refractivity contribution in [2.75, 3.05) is 0 Å². The smallest absolute Gasteiger partial charge is 0.294 e. The van der Waals surface area contributed by atoms with Crippen molar-refractivity contribution in [3.05, 3.63) is 30.3 Å². The molecule has 0 saturated heterocycles. The Hall–Kier alpha value is -2.21. The lowest BCUT2D eigenvalue weighted by molar-refractivity contribution is 0.471. The molecule has 0 atom stereocenters. The van der Waals surface area contributed by atoms with Gasteiger partial charge in [0.05, 0.1) is 10.6 Å². The summed E-state index contributed by atoms with van der Waals surface area (Å²) in [6.45, 7) is 0. The predicted molar refractivity (Wildman–Crippen MR) is 63.2 cm³/mol. The van der Waals surface area contributed by atoms with Crippen LogP contribution in [0.25, 0.3) is 10.8 Å². The van der Waals surface area contributed by atoms with Crippen LogP contribution >= 0.6 is 0 Å². The lowest BCUT2D eigenvalue weighted by Gasteiger charge is -2.04. The second-order valence-electron chi connectivity index (χ2n) is 3.53. The summed E-state index contributed by atoms with van der Waals surface area (Å²) >= 11 is 0. The maximum atomic E-state index is 11.0. The Labute approximate surface area is 102 Å². The number of isocyanates is 1. The number of phenolic OH excluding ortho intramolecular Hbond substituents is 1. The van der Waals surface area contributed by atoms with Gasteiger partial charge in [0.2, 0.25) is 6.08 Å². The average molecular weight is 265 g/mol. The number of phenols is 1. The van der Waals surface area contributed by atoms with Crippen molar-refractivity contribution in [2.24, 2.45) is 4.99 Å². The molecule has 0 spiro atoms. The van der Waals surface area contributed by atoms with E-state index in [0.717, 1.165) is 6.07 Å². The van der Waals surface area contributed by atoms with E-state index in [9.17, 15) is 18.3 Å². The summed E-state index contributed by atoms with van der Waals surface area (Å²) < 4.78 is 30.9. The third kappa shape index (κ3) is 2.23. The Morgan fingerprint density at radius 1 is 1.17 bits per heavy atom. The number of hydrogen-bond acceptors (Lipinski definition) is 5. The highest BCUT2D eigenvalue weighted by molar-refractivity contribution is 7.85. The molecule has 2 aromatic rings. The van der Waals surface area contributed by atoms with E-state index in [4.69, 9.17) is 4.55 Å². The number of hydrogen-bond donors (Lipinski definition) is 2. The molecule has 6 nitrogen and oxygen atoms in total. The minimum Gasteiger partial charge on any atom is -0.507 e. The number of fused-ring (bicyclic) bond motifs is 1. The molecule has 0 aliphatic carbocycles. The van der Waals surface area contributed by atoms with Gasteiger partial charge < -0.3 is 5.11 Å². The number of nitrogens with zero attached hydrogens (tertiary/aromatic N) is 1. The van der Waals surface area contributed by atoms with E-state index in [2.05, 4.69) is 4.99 Å². The average Bonchev–Trinajstić information content (AvgIpc) is 2.27. The van der Waals surface area contributed by atoms with E-state index in [0.29, 0.717) is 10.8 Å². The lowest BCUT2D eigenvalue weighted by atomic mass is 10.1. The standard InChI is InChI=1S/C11H7NO5S/c13-6-12-8-1-2-10-7(3-8)4-9(5-11(10)14)18(15,16)17/h1-5,14H,(H,15,16,17). The van der Waals surface area contributed by atoms with Crippen molar-refractivity contribution in [1.29, 1.82) is 0 Å². The van der Waals surface area contributed by atoms with Gasteiger partial charge in [-0.2, -0.15) is 13.4 Å². The maximum Gasteiger partial charge on any atom is 0.294 e. The SMILES string of the molecule is O=C=Nc1ccc2c(O)cc(S(=O)(=O)O)cc2c1. The summed E-state index contributed by atoms with van der Waals surface area (Å²) in [7, 11) is -4.41. The van der Waals surface area contributed by atoms with Crippen molar-refractivity contribution in [2.45, 2.75) is 4.90 Å². The first-order valence-electron chi connectivity index (χ1n) is 4.74. The third-order valence-electron chi connectivity index (χ3n) is 2.36. The first-order chi connectivity index (χ1) is 8.41. The Bertz CT molecular complexity index is 775. The molecule has 92 valence electrons. The summed E-state index contributed by atoms with van der Waals surface area (Å²) in [6.07, 6.45) is 1.35. The molecule has 0 heterocycles. The highest BCUT2D eigenvalue weighted by Crippen LogP contribution is 2.31. The zero-order valence-corrected chi connectivity index (χ0v) is 9.68. The van der Waals surface area contributed by atoms with Crippen molar-refractivity contribution in [1.82, 2.24) is 0 Å². The number of aliphatic imine (C=N–C) groups is 1. The minimum atomic E-state index is -4.41. The van der Waals surface area contributed by atoms with Gasteiger partial charge in [0.25, 0.3) is 10.1 Å². The lowest BCUT2D eigenvalue weighted by Crippen LogP contribution is -1.97. The van der Waals surface area contributed by atoms with Crippen LogP contribution in [0.15, 0.2) is 40.2 Å². The normalized spacial score (nSPS) is 11.2. The quantitative estimate of drug-likeness (QED) is 0.489. The van der Waals surface area contributed by atoms with Crippen molar-refractivity contribution < 1.29 is 22.9 Å². The molecule has 0 aliphatic rings. The zero-order valence-electron chi connectivity index (χ0n) is 8.86. The highest BCUT2D eigenvalue weighted by atomic mass is 32.2. The Morgan fingerprint density at radius 3 is 2.50 bits per heavy atom. The number of aromatic hydroxyl groups is 1. The van der Waals surface area contributed by atoms with E-state index in [1.165, 1.54) is 30.3 Å². The maximum absolute atomic E-state index is 11.0. The molecule has 0 radical (unpaired) electrons. The Kier molecular flexibility index (Phi) is 2.88. The second-order valence-corrected chi connectivity index (χ2v) is 4.95. The monoisotopic (exact) mass is 265 g/mol. The topological polar surface area (TPSA) is 104 Å². The summed E-state index contributed by atoms with van der Waals surface area (Å²) in [4.78, 5) is 13.1. The van der Waals surface area contributed by atoms with Crippen molar-refractivity contribution in [3.63, 3.8) is 0 Å². The van der Waals surface area contributed by atoms with E-state index in [-0.39, 0.29) is 11.4 Å². The van der Waals surface area contributed by atoms with Gasteiger partial charge in [0.15, 0.2) is 0 Å². The fourth-order valence-corrected chi connectivity index (χ4v) is 2.12. The van der Waals surface area contributed by atoms with Crippen LogP contribution in [-0.2, 0) is 14.9 Å². The molecule has 0 amide bonds. The Morgan fingerprint density at radius 2 is 1.89 bits per heavy atom. The van der Waals surface area contributed by atoms with Gasteiger partial charge in [-0.3, -0.25) is 4.55 Å². The second kappa shape index (κ2) is 4.23. The van der Waals surface area contributed by atoms with Gasteiger partial charge in [-0.1, -0.05) is 0 Å². The van der Waals surface area contributed by atoms with Gasteiger partial charge in [-0.25, -0.2) is 4.79 Å². The van der Waals surface area contributed by atoms with E-state index >= 15 is 0 Å². The van der Waals surface area contributed by atoms with Gasteiger partial charge in [-0.15, -0.1) is 0 Å². The molecule has 18 heavy (non-hydrogen) atoms. The van der Waals surface area contributed by atoms with Crippen LogP contribution in [0.5, 0.6) is 5.75 Å². The van der Waals surface area contributed by atoms with Crippen LogP contribution < -0.4 is 0 Å². The van der Waals surface area contributed by atoms with Gasteiger partial charge in [-0.05, 0) is 29.7 Å². The minimum absolute atomic E-state index is 0.268. The van der Waals surface area contributed by atoms with Crippen LogP contribution in [0.3, 0.4) is 0 Å².